The van der Waals surface area contributed by atoms with Crippen molar-refractivity contribution in [2.45, 2.75) is 30.6 Å². The lowest BCUT2D eigenvalue weighted by Crippen LogP contribution is -2.32. The number of rotatable bonds is 8. The van der Waals surface area contributed by atoms with Gasteiger partial charge in [0.2, 0.25) is 10.0 Å². The van der Waals surface area contributed by atoms with Crippen molar-refractivity contribution in [3.63, 3.8) is 0 Å². The molecule has 12 heteroatoms. The second-order valence-electron chi connectivity index (χ2n) is 7.34. The molecule has 3 rings (SSSR count). The monoisotopic (exact) mass is 495 g/mol. The predicted molar refractivity (Wildman–Crippen MR) is 122 cm³/mol. The minimum atomic E-state index is -3.88. The largest absolute Gasteiger partial charge is 0.495 e. The van der Waals surface area contributed by atoms with E-state index >= 15 is 0 Å². The van der Waals surface area contributed by atoms with Gasteiger partial charge >= 0.3 is 5.97 Å². The first-order chi connectivity index (χ1) is 15.7. The first-order valence-corrected chi connectivity index (χ1v) is 12.6. The number of nitrogens with zero attached hydrogens (tertiary/aromatic N) is 1. The molecule has 10 nitrogen and oxygen atoms in total. The summed E-state index contributed by atoms with van der Waals surface area (Å²) in [6, 6.07) is 5.42. The highest BCUT2D eigenvalue weighted by Gasteiger charge is 2.29. The molecule has 1 fully saturated rings. The van der Waals surface area contributed by atoms with Crippen molar-refractivity contribution >= 4 is 44.1 Å². The molecule has 0 atom stereocenters. The molecular weight excluding hydrogens is 470 g/mol. The summed E-state index contributed by atoms with van der Waals surface area (Å²) in [7, 11) is -2.53. The van der Waals surface area contributed by atoms with E-state index in [4.69, 9.17) is 15.2 Å². The zero-order chi connectivity index (χ0) is 24.0. The van der Waals surface area contributed by atoms with Gasteiger partial charge in [0, 0.05) is 13.1 Å². The molecule has 1 aromatic heterocycles. The van der Waals surface area contributed by atoms with E-state index in [9.17, 15) is 22.8 Å². The number of thiophene rings is 1. The van der Waals surface area contributed by atoms with Crippen LogP contribution in [0.2, 0.25) is 0 Å². The van der Waals surface area contributed by atoms with Gasteiger partial charge in [0.1, 0.15) is 15.6 Å². The number of ether oxygens (including phenoxy) is 2. The Morgan fingerprint density at radius 2 is 1.82 bits per heavy atom. The number of nitrogens with two attached hydrogens (primary N) is 1. The van der Waals surface area contributed by atoms with E-state index in [1.165, 1.54) is 35.7 Å². The van der Waals surface area contributed by atoms with Gasteiger partial charge in [-0.3, -0.25) is 9.59 Å². The number of sulfonamides is 1. The Morgan fingerprint density at radius 1 is 1.12 bits per heavy atom. The normalized spacial score (nSPS) is 14.8. The van der Waals surface area contributed by atoms with Crippen LogP contribution in [0.25, 0.3) is 0 Å². The number of carbonyl (C=O) groups excluding carboxylic acids is 3. The third-order valence-electron chi connectivity index (χ3n) is 5.10. The van der Waals surface area contributed by atoms with Crippen molar-refractivity contribution in [1.29, 1.82) is 0 Å². The van der Waals surface area contributed by atoms with Gasteiger partial charge < -0.3 is 20.5 Å². The van der Waals surface area contributed by atoms with Crippen molar-refractivity contribution < 1.29 is 32.3 Å². The van der Waals surface area contributed by atoms with Gasteiger partial charge in [0.25, 0.3) is 11.8 Å². The van der Waals surface area contributed by atoms with E-state index in [0.29, 0.717) is 13.1 Å². The van der Waals surface area contributed by atoms with Crippen LogP contribution in [-0.4, -0.2) is 57.3 Å². The van der Waals surface area contributed by atoms with Crippen LogP contribution in [0.5, 0.6) is 5.75 Å². The van der Waals surface area contributed by atoms with Crippen LogP contribution in [0, 0.1) is 0 Å². The first-order valence-electron chi connectivity index (χ1n) is 10.3. The summed E-state index contributed by atoms with van der Waals surface area (Å²) < 4.78 is 38.1. The molecule has 1 saturated heterocycles. The maximum absolute atomic E-state index is 13.2. The number of hydrogen-bond acceptors (Lipinski definition) is 8. The molecule has 178 valence electrons. The van der Waals surface area contributed by atoms with Gasteiger partial charge in [-0.15, -0.1) is 11.3 Å². The van der Waals surface area contributed by atoms with Crippen molar-refractivity contribution in [3.05, 3.63) is 40.8 Å². The smallest absolute Gasteiger partial charge is 0.338 e. The summed E-state index contributed by atoms with van der Waals surface area (Å²) in [6.07, 6.45) is 3.45. The SMILES string of the molecule is COc1ccc(C(=O)OCC(=O)Nc2sccc2C(N)=O)cc1S(=O)(=O)N1CCCCCC1. The molecule has 2 heterocycles. The highest BCUT2D eigenvalue weighted by Crippen LogP contribution is 2.29. The van der Waals surface area contributed by atoms with Gasteiger partial charge in [-0.2, -0.15) is 4.31 Å². The molecule has 0 saturated carbocycles. The molecule has 2 aromatic rings. The highest BCUT2D eigenvalue weighted by atomic mass is 32.2. The van der Waals surface area contributed by atoms with Crippen LogP contribution in [-0.2, 0) is 19.6 Å². The van der Waals surface area contributed by atoms with Crippen LogP contribution in [0.3, 0.4) is 0 Å². The first kappa shape index (κ1) is 24.7. The number of primary amides is 1. The Kier molecular flexibility index (Phi) is 8.06. The molecule has 33 heavy (non-hydrogen) atoms. The van der Waals surface area contributed by atoms with Crippen molar-refractivity contribution in [2.24, 2.45) is 5.73 Å². The Labute approximate surface area is 195 Å². The zero-order valence-electron chi connectivity index (χ0n) is 18.0. The number of methoxy groups -OCH3 is 1. The quantitative estimate of drug-likeness (QED) is 0.534. The van der Waals surface area contributed by atoms with E-state index in [1.54, 1.807) is 5.38 Å². The Morgan fingerprint density at radius 3 is 2.45 bits per heavy atom. The van der Waals surface area contributed by atoms with Crippen LogP contribution >= 0.6 is 11.3 Å². The summed E-state index contributed by atoms with van der Waals surface area (Å²) in [4.78, 5) is 35.9. The average molecular weight is 496 g/mol. The summed E-state index contributed by atoms with van der Waals surface area (Å²) in [5, 5.41) is 4.30. The molecule has 2 amide bonds. The van der Waals surface area contributed by atoms with E-state index in [2.05, 4.69) is 5.32 Å². The third-order valence-corrected chi connectivity index (χ3v) is 7.85. The van der Waals surface area contributed by atoms with E-state index in [0.717, 1.165) is 37.0 Å². The van der Waals surface area contributed by atoms with Gasteiger partial charge in [0.15, 0.2) is 6.61 Å². The second-order valence-corrected chi connectivity index (χ2v) is 10.2. The number of benzene rings is 1. The Hall–Kier alpha value is -2.96. The van der Waals surface area contributed by atoms with E-state index < -0.39 is 34.4 Å². The van der Waals surface area contributed by atoms with Gasteiger partial charge in [-0.05, 0) is 42.5 Å². The fourth-order valence-corrected chi connectivity index (χ4v) is 5.91. The standard InChI is InChI=1S/C21H25N3O7S2/c1-30-16-7-6-14(12-17(16)33(28,29)24-9-4-2-3-5-10-24)21(27)31-13-18(25)23-20-15(19(22)26)8-11-32-20/h6-8,11-12H,2-5,9-10,13H2,1H3,(H2,22,26)(H,23,25). The van der Waals surface area contributed by atoms with Crippen molar-refractivity contribution in [1.82, 2.24) is 4.31 Å². The van der Waals surface area contributed by atoms with Crippen LogP contribution < -0.4 is 15.8 Å². The topological polar surface area (TPSA) is 145 Å². The summed E-state index contributed by atoms with van der Waals surface area (Å²) in [6.45, 7) is 0.169. The Bertz CT molecular complexity index is 1140. The third kappa shape index (κ3) is 5.89. The van der Waals surface area contributed by atoms with Gasteiger partial charge in [-0.1, -0.05) is 12.8 Å². The average Bonchev–Trinajstić information content (AvgIpc) is 3.07. The fraction of sp³-hybridized carbons (Fsp3) is 0.381. The molecule has 0 spiro atoms. The van der Waals surface area contributed by atoms with Crippen molar-refractivity contribution in [3.8, 4) is 5.75 Å². The molecule has 1 aromatic carbocycles. The number of amides is 2. The van der Waals surface area contributed by atoms with Crippen LogP contribution in [0.1, 0.15) is 46.4 Å². The molecule has 3 N–H and O–H groups in total. The fourth-order valence-electron chi connectivity index (χ4n) is 3.40. The maximum Gasteiger partial charge on any atom is 0.338 e. The van der Waals surface area contributed by atoms with Crippen molar-refractivity contribution in [2.75, 3.05) is 32.1 Å². The summed E-state index contributed by atoms with van der Waals surface area (Å²) in [5.41, 5.74) is 5.35. The second kappa shape index (κ2) is 10.8. The van der Waals surface area contributed by atoms with Gasteiger partial charge in [-0.25, -0.2) is 13.2 Å². The zero-order valence-corrected chi connectivity index (χ0v) is 19.7. The minimum absolute atomic E-state index is 0.0362. The lowest BCUT2D eigenvalue weighted by atomic mass is 10.2. The lowest BCUT2D eigenvalue weighted by molar-refractivity contribution is -0.119. The van der Waals surface area contributed by atoms with Crippen LogP contribution in [0.4, 0.5) is 5.00 Å². The number of esters is 1. The minimum Gasteiger partial charge on any atom is -0.495 e. The Balaban J connectivity index is 1.72. The van der Waals surface area contributed by atoms with E-state index in [1.807, 2.05) is 0 Å². The number of nitrogens with one attached hydrogen (secondary N) is 1. The molecule has 0 bridgehead atoms. The highest BCUT2D eigenvalue weighted by molar-refractivity contribution is 7.89. The summed E-state index contributed by atoms with van der Waals surface area (Å²) in [5.74, 6) is -2.12. The van der Waals surface area contributed by atoms with Gasteiger partial charge in [0.05, 0.1) is 18.2 Å². The number of anilines is 1. The van der Waals surface area contributed by atoms with Crippen LogP contribution in [0.15, 0.2) is 34.5 Å². The number of carbonyl (C=O) groups is 3. The molecule has 0 radical (unpaired) electrons. The molecule has 0 aliphatic carbocycles. The molecule has 1 aliphatic rings. The predicted octanol–water partition coefficient (Wildman–Crippen LogP) is 2.22. The molecule has 1 aliphatic heterocycles. The molecular formula is C21H25N3O7S2. The van der Waals surface area contributed by atoms with E-state index in [-0.39, 0.29) is 26.8 Å². The lowest BCUT2D eigenvalue weighted by Gasteiger charge is -2.21. The number of hydrogen-bond donors (Lipinski definition) is 2. The molecule has 0 unspecified atom stereocenters. The maximum atomic E-state index is 13.2. The summed E-state index contributed by atoms with van der Waals surface area (Å²) >= 11 is 1.10.